The van der Waals surface area contributed by atoms with Gasteiger partial charge in [-0.3, -0.25) is 14.6 Å². The number of carbonyl (C=O) groups excluding carboxylic acids is 2. The number of amides is 2. The number of carbonyl (C=O) groups is 2. The average molecular weight is 393 g/mol. The van der Waals surface area contributed by atoms with E-state index in [1.54, 1.807) is 23.5 Å². The summed E-state index contributed by atoms with van der Waals surface area (Å²) in [6.07, 6.45) is 7.51. The smallest absolute Gasteiger partial charge is 0.228 e. The fraction of sp³-hybridized carbons (Fsp3) is 0.455. The van der Waals surface area contributed by atoms with Gasteiger partial charge in [0.1, 0.15) is 5.82 Å². The number of aryl methyl sites for hydroxylation is 1. The van der Waals surface area contributed by atoms with Crippen LogP contribution in [0.25, 0.3) is 0 Å². The van der Waals surface area contributed by atoms with E-state index in [2.05, 4.69) is 33.9 Å². The van der Waals surface area contributed by atoms with Crippen LogP contribution in [0.15, 0.2) is 42.9 Å². The van der Waals surface area contributed by atoms with Gasteiger partial charge in [-0.25, -0.2) is 4.98 Å². The molecule has 2 fully saturated rings. The lowest BCUT2D eigenvalue weighted by molar-refractivity contribution is -0.136. The topological polar surface area (TPSA) is 69.6 Å². The quantitative estimate of drug-likeness (QED) is 0.778. The van der Waals surface area contributed by atoms with Gasteiger partial charge < -0.3 is 14.7 Å². The summed E-state index contributed by atoms with van der Waals surface area (Å²) < 4.78 is 0. The molecule has 2 aliphatic heterocycles. The molecule has 2 aliphatic rings. The highest BCUT2D eigenvalue weighted by Gasteiger charge is 2.38. The Kier molecular flexibility index (Phi) is 5.74. The van der Waals surface area contributed by atoms with Crippen LogP contribution in [0, 0.1) is 5.92 Å². The number of aromatic nitrogens is 2. The van der Waals surface area contributed by atoms with Crippen molar-refractivity contribution in [3.8, 4) is 0 Å². The Bertz CT molecular complexity index is 847. The van der Waals surface area contributed by atoms with Gasteiger partial charge in [-0.15, -0.1) is 0 Å². The van der Waals surface area contributed by atoms with E-state index in [9.17, 15) is 9.59 Å². The Morgan fingerprint density at radius 3 is 2.52 bits per heavy atom. The zero-order chi connectivity index (χ0) is 20.2. The second-order valence-electron chi connectivity index (χ2n) is 7.70. The van der Waals surface area contributed by atoms with Crippen LogP contribution in [0.4, 0.5) is 11.5 Å². The van der Waals surface area contributed by atoms with Crippen LogP contribution in [-0.4, -0.2) is 59.4 Å². The zero-order valence-electron chi connectivity index (χ0n) is 16.8. The van der Waals surface area contributed by atoms with Gasteiger partial charge in [0.05, 0.1) is 12.1 Å². The maximum absolute atomic E-state index is 13.0. The lowest BCUT2D eigenvalue weighted by Crippen LogP contribution is -2.51. The predicted molar refractivity (Wildman–Crippen MR) is 112 cm³/mol. The predicted octanol–water partition coefficient (Wildman–Crippen LogP) is 2.13. The van der Waals surface area contributed by atoms with E-state index in [1.165, 1.54) is 5.56 Å². The number of hydrogen-bond donors (Lipinski definition) is 0. The van der Waals surface area contributed by atoms with E-state index in [1.807, 2.05) is 17.0 Å². The zero-order valence-corrected chi connectivity index (χ0v) is 16.8. The molecule has 2 aromatic rings. The highest BCUT2D eigenvalue weighted by Crippen LogP contribution is 2.27. The van der Waals surface area contributed by atoms with Crippen molar-refractivity contribution in [1.29, 1.82) is 0 Å². The molecule has 7 heteroatoms. The van der Waals surface area contributed by atoms with E-state index in [0.717, 1.165) is 37.4 Å². The van der Waals surface area contributed by atoms with Crippen LogP contribution in [0.3, 0.4) is 0 Å². The summed E-state index contributed by atoms with van der Waals surface area (Å²) in [7, 11) is 0. The van der Waals surface area contributed by atoms with Gasteiger partial charge >= 0.3 is 0 Å². The third-order valence-corrected chi connectivity index (χ3v) is 5.73. The van der Waals surface area contributed by atoms with Gasteiger partial charge in [0.2, 0.25) is 11.8 Å². The Labute approximate surface area is 171 Å². The molecule has 0 bridgehead atoms. The lowest BCUT2D eigenvalue weighted by Gasteiger charge is -2.36. The summed E-state index contributed by atoms with van der Waals surface area (Å²) in [6, 6.07) is 8.14. The molecule has 7 nitrogen and oxygen atoms in total. The summed E-state index contributed by atoms with van der Waals surface area (Å²) in [6.45, 7) is 5.37. The Morgan fingerprint density at radius 1 is 1.10 bits per heavy atom. The molecule has 0 spiro atoms. The summed E-state index contributed by atoms with van der Waals surface area (Å²) in [5.74, 6) is 0.696. The number of hydrogen-bond acceptors (Lipinski definition) is 5. The van der Waals surface area contributed by atoms with Crippen LogP contribution < -0.4 is 9.80 Å². The van der Waals surface area contributed by atoms with Gasteiger partial charge in [0.15, 0.2) is 0 Å². The van der Waals surface area contributed by atoms with E-state index in [4.69, 9.17) is 0 Å². The lowest BCUT2D eigenvalue weighted by atomic mass is 10.1. The molecular formula is C22H27N5O2. The van der Waals surface area contributed by atoms with Crippen molar-refractivity contribution in [3.63, 3.8) is 0 Å². The minimum absolute atomic E-state index is 0.0322. The van der Waals surface area contributed by atoms with E-state index < -0.39 is 0 Å². The maximum Gasteiger partial charge on any atom is 0.228 e. The standard InChI is InChI=1S/C22H27N5O2/c1-2-3-17-4-6-19(7-5-17)27-16-18(14-21(27)28)22(29)26-12-10-25(11-13-26)20-15-23-8-9-24-20/h4-9,15,18H,2-3,10-14,16H2,1H3/t18-/m0/s1. The molecule has 4 rings (SSSR count). The molecule has 2 saturated heterocycles. The second kappa shape index (κ2) is 8.59. The van der Waals surface area contributed by atoms with Crippen molar-refractivity contribution in [2.24, 2.45) is 5.92 Å². The van der Waals surface area contributed by atoms with Crippen LogP contribution in [0.2, 0.25) is 0 Å². The fourth-order valence-electron chi connectivity index (χ4n) is 4.12. The summed E-state index contributed by atoms with van der Waals surface area (Å²) in [5, 5.41) is 0. The normalized spacial score (nSPS) is 19.7. The Balaban J connectivity index is 1.35. The Hall–Kier alpha value is -2.96. The molecule has 0 N–H and O–H groups in total. The highest BCUT2D eigenvalue weighted by atomic mass is 16.2. The number of nitrogens with zero attached hydrogens (tertiary/aromatic N) is 5. The van der Waals surface area contributed by atoms with Gasteiger partial charge in [-0.1, -0.05) is 25.5 Å². The molecule has 1 aromatic heterocycles. The summed E-state index contributed by atoms with van der Waals surface area (Å²) >= 11 is 0. The largest absolute Gasteiger partial charge is 0.352 e. The minimum atomic E-state index is -0.263. The van der Waals surface area contributed by atoms with Crippen LogP contribution in [0.1, 0.15) is 25.3 Å². The molecule has 1 atom stereocenters. The van der Waals surface area contributed by atoms with Gasteiger partial charge in [-0.2, -0.15) is 0 Å². The molecule has 2 amide bonds. The number of benzene rings is 1. The molecule has 3 heterocycles. The summed E-state index contributed by atoms with van der Waals surface area (Å²) in [4.78, 5) is 39.8. The van der Waals surface area contributed by atoms with Gasteiger partial charge in [0, 0.05) is 57.2 Å². The summed E-state index contributed by atoms with van der Waals surface area (Å²) in [5.41, 5.74) is 2.16. The SMILES string of the molecule is CCCc1ccc(N2C[C@@H](C(=O)N3CCN(c4cnccn4)CC3)CC2=O)cc1. The van der Waals surface area contributed by atoms with Crippen molar-refractivity contribution in [1.82, 2.24) is 14.9 Å². The van der Waals surface area contributed by atoms with E-state index in [0.29, 0.717) is 26.1 Å². The van der Waals surface area contributed by atoms with Crippen molar-refractivity contribution in [2.75, 3.05) is 42.5 Å². The van der Waals surface area contributed by atoms with Crippen molar-refractivity contribution >= 4 is 23.3 Å². The second-order valence-corrected chi connectivity index (χ2v) is 7.70. The number of anilines is 2. The van der Waals surface area contributed by atoms with Crippen molar-refractivity contribution in [2.45, 2.75) is 26.2 Å². The van der Waals surface area contributed by atoms with Gasteiger partial charge in [-0.05, 0) is 24.1 Å². The minimum Gasteiger partial charge on any atom is -0.352 e. The first kappa shape index (κ1) is 19.4. The molecule has 0 aliphatic carbocycles. The van der Waals surface area contributed by atoms with Crippen molar-refractivity contribution in [3.05, 3.63) is 48.4 Å². The molecule has 0 unspecified atom stereocenters. The first-order chi connectivity index (χ1) is 14.2. The van der Waals surface area contributed by atoms with Gasteiger partial charge in [0.25, 0.3) is 0 Å². The highest BCUT2D eigenvalue weighted by molar-refractivity contribution is 6.00. The van der Waals surface area contributed by atoms with Crippen LogP contribution in [-0.2, 0) is 16.0 Å². The third kappa shape index (κ3) is 4.23. The van der Waals surface area contributed by atoms with Crippen LogP contribution >= 0.6 is 0 Å². The first-order valence-electron chi connectivity index (χ1n) is 10.3. The number of piperazine rings is 1. The molecule has 0 radical (unpaired) electrons. The molecule has 29 heavy (non-hydrogen) atoms. The van der Waals surface area contributed by atoms with E-state index in [-0.39, 0.29) is 17.7 Å². The maximum atomic E-state index is 13.0. The molecule has 1 aromatic carbocycles. The average Bonchev–Trinajstić information content (AvgIpc) is 3.16. The molecule has 152 valence electrons. The first-order valence-corrected chi connectivity index (χ1v) is 10.3. The van der Waals surface area contributed by atoms with E-state index >= 15 is 0 Å². The van der Waals surface area contributed by atoms with Crippen molar-refractivity contribution < 1.29 is 9.59 Å². The third-order valence-electron chi connectivity index (χ3n) is 5.73. The fourth-order valence-corrected chi connectivity index (χ4v) is 4.12. The monoisotopic (exact) mass is 393 g/mol. The number of rotatable bonds is 5. The Morgan fingerprint density at radius 2 is 1.86 bits per heavy atom. The molecule has 0 saturated carbocycles. The molecular weight excluding hydrogens is 366 g/mol. The van der Waals surface area contributed by atoms with Crippen LogP contribution in [0.5, 0.6) is 0 Å².